The number of methoxy groups -OCH3 is 1. The maximum atomic E-state index is 13.2. The van der Waals surface area contributed by atoms with Gasteiger partial charge >= 0.3 is 0 Å². The van der Waals surface area contributed by atoms with Crippen molar-refractivity contribution < 1.29 is 9.13 Å². The van der Waals surface area contributed by atoms with Crippen LogP contribution in [0, 0.1) is 5.82 Å². The summed E-state index contributed by atoms with van der Waals surface area (Å²) in [5.41, 5.74) is 6.97. The number of unbranched alkanes of at least 4 members (excludes halogenated alkanes) is 2. The predicted molar refractivity (Wildman–Crippen MR) is 71.3 cm³/mol. The van der Waals surface area contributed by atoms with Gasteiger partial charge in [-0.25, -0.2) is 4.39 Å². The Morgan fingerprint density at radius 2 is 2.06 bits per heavy atom. The van der Waals surface area contributed by atoms with E-state index in [9.17, 15) is 4.39 Å². The summed E-state index contributed by atoms with van der Waals surface area (Å²) in [6.07, 6.45) is 4.41. The van der Waals surface area contributed by atoms with E-state index in [4.69, 9.17) is 10.5 Å². The molecule has 1 atom stereocenters. The van der Waals surface area contributed by atoms with Crippen LogP contribution in [-0.4, -0.2) is 7.11 Å². The number of hydrogen-bond acceptors (Lipinski definition) is 2. The highest BCUT2D eigenvalue weighted by Crippen LogP contribution is 2.24. The van der Waals surface area contributed by atoms with Gasteiger partial charge < -0.3 is 10.5 Å². The smallest absolute Gasteiger partial charge is 0.165 e. The zero-order valence-corrected chi connectivity index (χ0v) is 11.2. The Kier molecular flexibility index (Phi) is 7.92. The molecule has 0 saturated heterocycles. The average Bonchev–Trinajstić information content (AvgIpc) is 2.30. The summed E-state index contributed by atoms with van der Waals surface area (Å²) < 4.78 is 18.1. The van der Waals surface area contributed by atoms with E-state index in [1.54, 1.807) is 12.1 Å². The van der Waals surface area contributed by atoms with Crippen molar-refractivity contribution in [3.8, 4) is 5.75 Å². The van der Waals surface area contributed by atoms with Gasteiger partial charge in [0.15, 0.2) is 11.6 Å². The molecule has 0 saturated carbocycles. The zero-order chi connectivity index (χ0) is 12.0. The SMILES string of the molecule is CCCCC[C@@H](N)c1ccc(F)c(OC)c1.Cl. The summed E-state index contributed by atoms with van der Waals surface area (Å²) in [5.74, 6) is -0.0737. The number of halogens is 2. The van der Waals surface area contributed by atoms with Crippen molar-refractivity contribution in [3.05, 3.63) is 29.6 Å². The van der Waals surface area contributed by atoms with Gasteiger partial charge in [0.25, 0.3) is 0 Å². The van der Waals surface area contributed by atoms with Gasteiger partial charge in [0.1, 0.15) is 0 Å². The third-order valence-electron chi connectivity index (χ3n) is 2.72. The first-order valence-corrected chi connectivity index (χ1v) is 5.78. The van der Waals surface area contributed by atoms with E-state index in [-0.39, 0.29) is 30.0 Å². The molecular formula is C13H21ClFNO. The lowest BCUT2D eigenvalue weighted by atomic mass is 10.0. The molecule has 0 aliphatic rings. The summed E-state index contributed by atoms with van der Waals surface area (Å²) >= 11 is 0. The van der Waals surface area contributed by atoms with E-state index in [2.05, 4.69) is 6.92 Å². The summed E-state index contributed by atoms with van der Waals surface area (Å²) in [5, 5.41) is 0. The fourth-order valence-electron chi connectivity index (χ4n) is 1.69. The van der Waals surface area contributed by atoms with Crippen molar-refractivity contribution in [2.45, 2.75) is 38.6 Å². The third kappa shape index (κ3) is 4.92. The van der Waals surface area contributed by atoms with Crippen LogP contribution in [0.1, 0.15) is 44.2 Å². The first-order valence-electron chi connectivity index (χ1n) is 5.78. The van der Waals surface area contributed by atoms with E-state index < -0.39 is 0 Å². The van der Waals surface area contributed by atoms with Gasteiger partial charge in [0.2, 0.25) is 0 Å². The average molecular weight is 262 g/mol. The molecule has 2 N–H and O–H groups in total. The van der Waals surface area contributed by atoms with Crippen molar-refractivity contribution in [1.29, 1.82) is 0 Å². The minimum atomic E-state index is -0.341. The van der Waals surface area contributed by atoms with Gasteiger partial charge in [0, 0.05) is 6.04 Å². The fourth-order valence-corrected chi connectivity index (χ4v) is 1.69. The molecule has 0 spiro atoms. The fraction of sp³-hybridized carbons (Fsp3) is 0.538. The molecule has 98 valence electrons. The molecule has 1 aromatic rings. The van der Waals surface area contributed by atoms with Gasteiger partial charge in [-0.05, 0) is 24.1 Å². The molecule has 0 aliphatic carbocycles. The Morgan fingerprint density at radius 3 is 2.65 bits per heavy atom. The van der Waals surface area contributed by atoms with Crippen LogP contribution in [0.3, 0.4) is 0 Å². The highest BCUT2D eigenvalue weighted by Gasteiger charge is 2.09. The number of nitrogens with two attached hydrogens (primary N) is 1. The van der Waals surface area contributed by atoms with Gasteiger partial charge in [-0.15, -0.1) is 12.4 Å². The Hall–Kier alpha value is -0.800. The van der Waals surface area contributed by atoms with E-state index in [1.807, 2.05) is 0 Å². The van der Waals surface area contributed by atoms with Gasteiger partial charge in [-0.1, -0.05) is 32.3 Å². The Labute approximate surface area is 109 Å². The lowest BCUT2D eigenvalue weighted by Crippen LogP contribution is -2.10. The van der Waals surface area contributed by atoms with Crippen LogP contribution in [0.25, 0.3) is 0 Å². The van der Waals surface area contributed by atoms with Crippen molar-refractivity contribution >= 4 is 12.4 Å². The molecule has 1 rings (SSSR count). The molecule has 0 radical (unpaired) electrons. The molecule has 4 heteroatoms. The molecule has 2 nitrogen and oxygen atoms in total. The van der Waals surface area contributed by atoms with E-state index >= 15 is 0 Å². The molecule has 0 heterocycles. The lowest BCUT2D eigenvalue weighted by Gasteiger charge is -2.13. The van der Waals surface area contributed by atoms with Crippen LogP contribution in [-0.2, 0) is 0 Å². The minimum absolute atomic E-state index is 0. The molecule has 0 unspecified atom stereocenters. The summed E-state index contributed by atoms with van der Waals surface area (Å²) in [6, 6.07) is 4.80. The molecule has 0 fully saturated rings. The summed E-state index contributed by atoms with van der Waals surface area (Å²) in [4.78, 5) is 0. The highest BCUT2D eigenvalue weighted by molar-refractivity contribution is 5.85. The molecule has 1 aromatic carbocycles. The standard InChI is InChI=1S/C13H20FNO.ClH/c1-3-4-5-6-12(15)10-7-8-11(14)13(9-10)16-2;/h7-9,12H,3-6,15H2,1-2H3;1H/t12-;/m1./s1. The molecule has 0 aromatic heterocycles. The number of ether oxygens (including phenoxy) is 1. The topological polar surface area (TPSA) is 35.2 Å². The largest absolute Gasteiger partial charge is 0.494 e. The van der Waals surface area contributed by atoms with Crippen molar-refractivity contribution in [1.82, 2.24) is 0 Å². The summed E-state index contributed by atoms with van der Waals surface area (Å²) in [6.45, 7) is 2.16. The maximum Gasteiger partial charge on any atom is 0.165 e. The van der Waals surface area contributed by atoms with E-state index in [0.29, 0.717) is 0 Å². The van der Waals surface area contributed by atoms with Crippen LogP contribution < -0.4 is 10.5 Å². The van der Waals surface area contributed by atoms with Gasteiger partial charge in [0.05, 0.1) is 7.11 Å². The van der Waals surface area contributed by atoms with Crippen molar-refractivity contribution in [2.75, 3.05) is 7.11 Å². The maximum absolute atomic E-state index is 13.2. The Bertz CT molecular complexity index is 333. The minimum Gasteiger partial charge on any atom is -0.494 e. The normalized spacial score (nSPS) is 11.8. The van der Waals surface area contributed by atoms with Crippen LogP contribution >= 0.6 is 12.4 Å². The van der Waals surface area contributed by atoms with Crippen molar-refractivity contribution in [3.63, 3.8) is 0 Å². The summed E-state index contributed by atoms with van der Waals surface area (Å²) in [7, 11) is 1.46. The first-order chi connectivity index (χ1) is 7.69. The monoisotopic (exact) mass is 261 g/mol. The second-order valence-electron chi connectivity index (χ2n) is 4.00. The highest BCUT2D eigenvalue weighted by atomic mass is 35.5. The van der Waals surface area contributed by atoms with Crippen molar-refractivity contribution in [2.24, 2.45) is 5.73 Å². The van der Waals surface area contributed by atoms with Crippen LogP contribution in [0.15, 0.2) is 18.2 Å². The number of rotatable bonds is 6. The Morgan fingerprint density at radius 1 is 1.35 bits per heavy atom. The second kappa shape index (κ2) is 8.31. The quantitative estimate of drug-likeness (QED) is 0.790. The van der Waals surface area contributed by atoms with E-state index in [1.165, 1.54) is 26.0 Å². The third-order valence-corrected chi connectivity index (χ3v) is 2.72. The zero-order valence-electron chi connectivity index (χ0n) is 10.4. The second-order valence-corrected chi connectivity index (χ2v) is 4.00. The van der Waals surface area contributed by atoms with Gasteiger partial charge in [-0.3, -0.25) is 0 Å². The molecule has 0 bridgehead atoms. The van der Waals surface area contributed by atoms with Crippen LogP contribution in [0.2, 0.25) is 0 Å². The molecule has 0 aliphatic heterocycles. The lowest BCUT2D eigenvalue weighted by molar-refractivity contribution is 0.385. The Balaban J connectivity index is 0.00000256. The number of benzene rings is 1. The molecule has 17 heavy (non-hydrogen) atoms. The van der Waals surface area contributed by atoms with E-state index in [0.717, 1.165) is 18.4 Å². The van der Waals surface area contributed by atoms with Gasteiger partial charge in [-0.2, -0.15) is 0 Å². The molecule has 0 amide bonds. The molecular weight excluding hydrogens is 241 g/mol. The first kappa shape index (κ1) is 16.2. The van der Waals surface area contributed by atoms with Crippen LogP contribution in [0.4, 0.5) is 4.39 Å². The van der Waals surface area contributed by atoms with Crippen LogP contribution in [0.5, 0.6) is 5.75 Å². The predicted octanol–water partition coefficient (Wildman–Crippen LogP) is 3.84. The number of hydrogen-bond donors (Lipinski definition) is 1.